The van der Waals surface area contributed by atoms with Gasteiger partial charge in [0.05, 0.1) is 0 Å². The molecule has 6 nitrogen and oxygen atoms in total. The Labute approximate surface area is 336 Å². The van der Waals surface area contributed by atoms with Crippen LogP contribution in [0.3, 0.4) is 0 Å². The summed E-state index contributed by atoms with van der Waals surface area (Å²) in [7, 11) is 0. The molecule has 0 saturated heterocycles. The second kappa shape index (κ2) is 42.6. The maximum atomic E-state index is 12.7. The average molecular weight is 765 g/mol. The SMILES string of the molecule is CCCCCCCCCCCCCCCCCC(=O)OC[C@@H](COC(=O)CCCCCCCCCCCC(C)C)OC(=O)CCCCCCCCCCC. The van der Waals surface area contributed by atoms with Gasteiger partial charge in [0.2, 0.25) is 0 Å². The largest absolute Gasteiger partial charge is 0.462 e. The van der Waals surface area contributed by atoms with Gasteiger partial charge in [-0.1, -0.05) is 227 Å². The van der Waals surface area contributed by atoms with Crippen molar-refractivity contribution in [1.29, 1.82) is 0 Å². The highest BCUT2D eigenvalue weighted by atomic mass is 16.6. The molecule has 0 aliphatic rings. The van der Waals surface area contributed by atoms with Crippen LogP contribution in [-0.2, 0) is 28.6 Å². The number of rotatable bonds is 43. The monoisotopic (exact) mass is 765 g/mol. The Morgan fingerprint density at radius 3 is 0.907 bits per heavy atom. The van der Waals surface area contributed by atoms with Crippen molar-refractivity contribution in [2.24, 2.45) is 5.92 Å². The van der Waals surface area contributed by atoms with Crippen molar-refractivity contribution in [2.75, 3.05) is 13.2 Å². The number of hydrogen-bond donors (Lipinski definition) is 0. The minimum absolute atomic E-state index is 0.0637. The van der Waals surface area contributed by atoms with Gasteiger partial charge in [-0.15, -0.1) is 0 Å². The van der Waals surface area contributed by atoms with E-state index in [1.54, 1.807) is 0 Å². The van der Waals surface area contributed by atoms with E-state index in [-0.39, 0.29) is 31.1 Å². The molecule has 0 spiro atoms. The summed E-state index contributed by atoms with van der Waals surface area (Å²) in [4.78, 5) is 37.7. The molecule has 320 valence electrons. The molecule has 1 atom stereocenters. The third-order valence-corrected chi connectivity index (χ3v) is 10.8. The van der Waals surface area contributed by atoms with Crippen LogP contribution in [0.25, 0.3) is 0 Å². The third kappa shape index (κ3) is 41.6. The minimum Gasteiger partial charge on any atom is -0.462 e. The van der Waals surface area contributed by atoms with Crippen LogP contribution in [0.5, 0.6) is 0 Å². The molecule has 0 aliphatic carbocycles. The Hall–Kier alpha value is -1.59. The van der Waals surface area contributed by atoms with Crippen LogP contribution in [-0.4, -0.2) is 37.2 Å². The van der Waals surface area contributed by atoms with E-state index in [0.717, 1.165) is 63.7 Å². The number of hydrogen-bond acceptors (Lipinski definition) is 6. The van der Waals surface area contributed by atoms with E-state index < -0.39 is 6.10 Å². The first-order chi connectivity index (χ1) is 26.4. The van der Waals surface area contributed by atoms with Gasteiger partial charge in [-0.25, -0.2) is 0 Å². The number of unbranched alkanes of at least 4 members (excludes halogenated alkanes) is 30. The summed E-state index contributed by atoms with van der Waals surface area (Å²) in [6.07, 6.45) is 42.3. The zero-order valence-corrected chi connectivity index (χ0v) is 36.7. The zero-order chi connectivity index (χ0) is 39.6. The predicted octanol–water partition coefficient (Wildman–Crippen LogP) is 15.1. The minimum atomic E-state index is -0.759. The lowest BCUT2D eigenvalue weighted by molar-refractivity contribution is -0.167. The second-order valence-electron chi connectivity index (χ2n) is 16.9. The Kier molecular flexibility index (Phi) is 41.3. The summed E-state index contributed by atoms with van der Waals surface area (Å²) in [6.45, 7) is 8.97. The molecule has 0 radical (unpaired) electrons. The maximum absolute atomic E-state index is 12.7. The van der Waals surface area contributed by atoms with Crippen molar-refractivity contribution in [2.45, 2.75) is 271 Å². The second-order valence-corrected chi connectivity index (χ2v) is 16.9. The number of carbonyl (C=O) groups is 3. The summed E-state index contributed by atoms with van der Waals surface area (Å²) >= 11 is 0. The van der Waals surface area contributed by atoms with Crippen LogP contribution in [0.1, 0.15) is 265 Å². The van der Waals surface area contributed by atoms with E-state index in [0.29, 0.717) is 19.3 Å². The smallest absolute Gasteiger partial charge is 0.306 e. The molecule has 0 aromatic rings. The van der Waals surface area contributed by atoms with Gasteiger partial charge in [-0.3, -0.25) is 14.4 Å². The van der Waals surface area contributed by atoms with Gasteiger partial charge in [0.15, 0.2) is 6.10 Å². The molecular weight excluding hydrogens is 673 g/mol. The van der Waals surface area contributed by atoms with Crippen molar-refractivity contribution in [3.05, 3.63) is 0 Å². The standard InChI is InChI=1S/C48H92O6/c1-5-7-9-11-13-15-16-17-18-19-20-24-27-31-35-39-46(49)52-42-45(54-48(51)41-37-33-29-22-14-12-10-8-6-2)43-53-47(50)40-36-32-28-25-21-23-26-30-34-38-44(3)4/h44-45H,5-43H2,1-4H3/t45-/m0/s1. The maximum Gasteiger partial charge on any atom is 0.306 e. The fourth-order valence-corrected chi connectivity index (χ4v) is 7.16. The van der Waals surface area contributed by atoms with E-state index >= 15 is 0 Å². The first-order valence-electron chi connectivity index (χ1n) is 23.9. The average Bonchev–Trinajstić information content (AvgIpc) is 3.15. The van der Waals surface area contributed by atoms with E-state index in [9.17, 15) is 14.4 Å². The molecule has 54 heavy (non-hydrogen) atoms. The Morgan fingerprint density at radius 1 is 0.352 bits per heavy atom. The summed E-state index contributed by atoms with van der Waals surface area (Å²) in [5.41, 5.74) is 0. The van der Waals surface area contributed by atoms with Gasteiger partial charge in [0, 0.05) is 19.3 Å². The molecule has 0 aromatic carbocycles. The molecule has 0 rings (SSSR count). The topological polar surface area (TPSA) is 78.9 Å². The summed E-state index contributed by atoms with van der Waals surface area (Å²) < 4.78 is 16.7. The Morgan fingerprint density at radius 2 is 0.611 bits per heavy atom. The Bertz CT molecular complexity index is 811. The predicted molar refractivity (Wildman–Crippen MR) is 229 cm³/mol. The third-order valence-electron chi connectivity index (χ3n) is 10.8. The van der Waals surface area contributed by atoms with E-state index in [1.165, 1.54) is 161 Å². The molecule has 0 heterocycles. The molecule has 0 bridgehead atoms. The lowest BCUT2D eigenvalue weighted by Gasteiger charge is -2.18. The summed E-state index contributed by atoms with van der Waals surface area (Å²) in [5, 5.41) is 0. The van der Waals surface area contributed by atoms with Crippen LogP contribution in [0, 0.1) is 5.92 Å². The van der Waals surface area contributed by atoms with Gasteiger partial charge in [-0.05, 0) is 25.2 Å². The van der Waals surface area contributed by atoms with Crippen molar-refractivity contribution in [3.63, 3.8) is 0 Å². The lowest BCUT2D eigenvalue weighted by atomic mass is 10.0. The van der Waals surface area contributed by atoms with Gasteiger partial charge in [-0.2, -0.15) is 0 Å². The molecule has 0 aromatic heterocycles. The molecule has 0 unspecified atom stereocenters. The van der Waals surface area contributed by atoms with Crippen molar-refractivity contribution < 1.29 is 28.6 Å². The van der Waals surface area contributed by atoms with Crippen LogP contribution in [0.4, 0.5) is 0 Å². The number of carbonyl (C=O) groups excluding carboxylic acids is 3. The van der Waals surface area contributed by atoms with Crippen LogP contribution < -0.4 is 0 Å². The van der Waals surface area contributed by atoms with E-state index in [1.807, 2.05) is 0 Å². The van der Waals surface area contributed by atoms with Crippen molar-refractivity contribution >= 4 is 17.9 Å². The summed E-state index contributed by atoms with van der Waals surface area (Å²) in [5.74, 6) is -0.0452. The van der Waals surface area contributed by atoms with Crippen LogP contribution in [0.15, 0.2) is 0 Å². The highest BCUT2D eigenvalue weighted by molar-refractivity contribution is 5.71. The molecule has 0 fully saturated rings. The first kappa shape index (κ1) is 52.4. The van der Waals surface area contributed by atoms with E-state index in [4.69, 9.17) is 14.2 Å². The first-order valence-corrected chi connectivity index (χ1v) is 23.9. The highest BCUT2D eigenvalue weighted by Crippen LogP contribution is 2.16. The van der Waals surface area contributed by atoms with Gasteiger partial charge in [0.25, 0.3) is 0 Å². The van der Waals surface area contributed by atoms with E-state index in [2.05, 4.69) is 27.7 Å². The molecule has 6 heteroatoms. The lowest BCUT2D eigenvalue weighted by Crippen LogP contribution is -2.30. The van der Waals surface area contributed by atoms with Crippen LogP contribution >= 0.6 is 0 Å². The summed E-state index contributed by atoms with van der Waals surface area (Å²) in [6, 6.07) is 0. The van der Waals surface area contributed by atoms with Gasteiger partial charge < -0.3 is 14.2 Å². The number of ether oxygens (including phenoxy) is 3. The fourth-order valence-electron chi connectivity index (χ4n) is 7.16. The molecular formula is C48H92O6. The van der Waals surface area contributed by atoms with Crippen molar-refractivity contribution in [3.8, 4) is 0 Å². The van der Waals surface area contributed by atoms with Gasteiger partial charge >= 0.3 is 17.9 Å². The molecule has 0 aliphatic heterocycles. The zero-order valence-electron chi connectivity index (χ0n) is 36.7. The van der Waals surface area contributed by atoms with Gasteiger partial charge in [0.1, 0.15) is 13.2 Å². The fraction of sp³-hybridized carbons (Fsp3) is 0.938. The normalized spacial score (nSPS) is 11.9. The molecule has 0 N–H and O–H groups in total. The molecule has 0 amide bonds. The Balaban J connectivity index is 4.27. The quantitative estimate of drug-likeness (QED) is 0.0349. The van der Waals surface area contributed by atoms with Crippen molar-refractivity contribution in [1.82, 2.24) is 0 Å². The molecule has 0 saturated carbocycles. The number of esters is 3. The van der Waals surface area contributed by atoms with Crippen LogP contribution in [0.2, 0.25) is 0 Å². The highest BCUT2D eigenvalue weighted by Gasteiger charge is 2.19.